The fourth-order valence-corrected chi connectivity index (χ4v) is 3.01. The Hall–Kier alpha value is -2.03. The number of halogens is 2. The van der Waals surface area contributed by atoms with Gasteiger partial charge in [-0.3, -0.25) is 9.89 Å². The molecule has 0 unspecified atom stereocenters. The molecule has 0 bridgehead atoms. The highest BCUT2D eigenvalue weighted by molar-refractivity contribution is 7.99. The Morgan fingerprint density at radius 1 is 1.29 bits per heavy atom. The average molecular weight is 383 g/mol. The monoisotopic (exact) mass is 382 g/mol. The molecular formula is C14H12Cl2N6OS. The van der Waals surface area contributed by atoms with Crippen molar-refractivity contribution >= 4 is 40.7 Å². The molecule has 0 aliphatic heterocycles. The summed E-state index contributed by atoms with van der Waals surface area (Å²) in [6, 6.07) is 6.56. The largest absolute Gasteiger partial charge is 0.335 e. The molecule has 0 aliphatic rings. The summed E-state index contributed by atoms with van der Waals surface area (Å²) in [5, 5.41) is 16.1. The molecule has 0 aliphatic carbocycles. The van der Waals surface area contributed by atoms with Gasteiger partial charge in [-0.25, -0.2) is 4.68 Å². The van der Waals surface area contributed by atoms with Gasteiger partial charge in [-0.1, -0.05) is 35.0 Å². The van der Waals surface area contributed by atoms with E-state index < -0.39 is 0 Å². The van der Waals surface area contributed by atoms with Crippen molar-refractivity contribution in [2.24, 2.45) is 0 Å². The van der Waals surface area contributed by atoms with Crippen LogP contribution in [-0.2, 0) is 0 Å². The minimum absolute atomic E-state index is 0.112. The summed E-state index contributed by atoms with van der Waals surface area (Å²) >= 11 is 13.0. The Morgan fingerprint density at radius 2 is 2.08 bits per heavy atom. The van der Waals surface area contributed by atoms with Crippen LogP contribution in [0.25, 0.3) is 11.5 Å². The number of rotatable bonds is 5. The van der Waals surface area contributed by atoms with Gasteiger partial charge in [-0.05, 0) is 31.2 Å². The number of nitrogen functional groups attached to an aromatic ring is 1. The van der Waals surface area contributed by atoms with E-state index in [1.54, 1.807) is 12.1 Å². The van der Waals surface area contributed by atoms with Crippen LogP contribution < -0.4 is 5.84 Å². The average Bonchev–Trinajstić information content (AvgIpc) is 3.13. The smallest absolute Gasteiger partial charge is 0.210 e. The van der Waals surface area contributed by atoms with Gasteiger partial charge in [0.15, 0.2) is 5.78 Å². The number of hydrogen-bond acceptors (Lipinski definition) is 6. The second kappa shape index (κ2) is 6.84. The summed E-state index contributed by atoms with van der Waals surface area (Å²) in [5.41, 5.74) is 1.95. The molecule has 2 aromatic heterocycles. The molecule has 0 spiro atoms. The number of aryl methyl sites for hydroxylation is 1. The fourth-order valence-electron chi connectivity index (χ4n) is 1.97. The maximum Gasteiger partial charge on any atom is 0.210 e. The molecule has 0 atom stereocenters. The number of aromatic nitrogens is 5. The number of nitrogens with two attached hydrogens (primary N) is 1. The van der Waals surface area contributed by atoms with Crippen LogP contribution in [0.3, 0.4) is 0 Å². The molecule has 0 amide bonds. The first-order chi connectivity index (χ1) is 11.5. The maximum atomic E-state index is 12.2. The van der Waals surface area contributed by atoms with Crippen molar-refractivity contribution in [2.45, 2.75) is 12.1 Å². The van der Waals surface area contributed by atoms with Crippen LogP contribution in [-0.4, -0.2) is 36.6 Å². The maximum absolute atomic E-state index is 12.2. The van der Waals surface area contributed by atoms with E-state index >= 15 is 0 Å². The third kappa shape index (κ3) is 3.40. The molecule has 124 valence electrons. The number of thioether (sulfide) groups is 1. The highest BCUT2D eigenvalue weighted by Gasteiger charge is 2.16. The van der Waals surface area contributed by atoms with Crippen LogP contribution in [0.15, 0.2) is 29.4 Å². The van der Waals surface area contributed by atoms with Gasteiger partial charge in [-0.15, -0.1) is 10.2 Å². The van der Waals surface area contributed by atoms with Crippen LogP contribution in [0.2, 0.25) is 10.0 Å². The van der Waals surface area contributed by atoms with Crippen LogP contribution in [0.5, 0.6) is 0 Å². The first kappa shape index (κ1) is 16.8. The van der Waals surface area contributed by atoms with Crippen molar-refractivity contribution in [3.63, 3.8) is 0 Å². The number of ketones is 1. The van der Waals surface area contributed by atoms with E-state index in [1.807, 2.05) is 13.0 Å². The Morgan fingerprint density at radius 3 is 2.75 bits per heavy atom. The molecule has 1 aromatic carbocycles. The molecule has 10 heteroatoms. The highest BCUT2D eigenvalue weighted by atomic mass is 35.5. The number of carbonyl (C=O) groups is 1. The van der Waals surface area contributed by atoms with E-state index in [9.17, 15) is 4.79 Å². The second-order valence-electron chi connectivity index (χ2n) is 4.95. The van der Waals surface area contributed by atoms with Crippen molar-refractivity contribution in [1.29, 1.82) is 0 Å². The summed E-state index contributed by atoms with van der Waals surface area (Å²) in [6.45, 7) is 1.87. The number of H-pyrrole nitrogens is 1. The van der Waals surface area contributed by atoms with Crippen LogP contribution >= 0.6 is 35.0 Å². The van der Waals surface area contributed by atoms with Crippen LogP contribution in [0.4, 0.5) is 0 Å². The molecule has 0 saturated heterocycles. The van der Waals surface area contributed by atoms with E-state index in [1.165, 1.54) is 22.5 Å². The van der Waals surface area contributed by atoms with Crippen molar-refractivity contribution in [1.82, 2.24) is 25.1 Å². The zero-order chi connectivity index (χ0) is 17.3. The lowest BCUT2D eigenvalue weighted by molar-refractivity contribution is 0.102. The van der Waals surface area contributed by atoms with E-state index in [4.69, 9.17) is 29.0 Å². The van der Waals surface area contributed by atoms with E-state index in [-0.39, 0.29) is 11.5 Å². The summed E-state index contributed by atoms with van der Waals surface area (Å²) in [6.07, 6.45) is 0. The first-order valence-corrected chi connectivity index (χ1v) is 8.54. The lowest BCUT2D eigenvalue weighted by atomic mass is 10.1. The predicted molar refractivity (Wildman–Crippen MR) is 94.0 cm³/mol. The minimum atomic E-state index is -0.112. The number of hydrogen-bond donors (Lipinski definition) is 2. The summed E-state index contributed by atoms with van der Waals surface area (Å²) in [5.74, 6) is 6.43. The second-order valence-corrected chi connectivity index (χ2v) is 6.71. The number of benzene rings is 1. The molecule has 0 fully saturated rings. The SMILES string of the molecule is Cc1cc(-c2nnc(SCC(=O)c3ccc(Cl)c(Cl)c3)n2N)n[nH]1. The molecule has 3 rings (SSSR count). The molecule has 24 heavy (non-hydrogen) atoms. The van der Waals surface area contributed by atoms with Crippen LogP contribution in [0.1, 0.15) is 16.1 Å². The third-order valence-electron chi connectivity index (χ3n) is 3.17. The van der Waals surface area contributed by atoms with E-state index in [0.29, 0.717) is 32.3 Å². The normalized spacial score (nSPS) is 11.0. The van der Waals surface area contributed by atoms with Gasteiger partial charge >= 0.3 is 0 Å². The Labute approximate surface area is 151 Å². The highest BCUT2D eigenvalue weighted by Crippen LogP contribution is 2.25. The fraction of sp³-hybridized carbons (Fsp3) is 0.143. The number of nitrogens with zero attached hydrogens (tertiary/aromatic N) is 4. The number of Topliss-reactive ketones (excluding diaryl/α,β-unsaturated/α-hetero) is 1. The zero-order valence-electron chi connectivity index (χ0n) is 12.5. The van der Waals surface area contributed by atoms with Gasteiger partial charge in [0.25, 0.3) is 0 Å². The molecule has 3 aromatic rings. The Bertz CT molecular complexity index is 907. The molecule has 0 radical (unpaired) electrons. The van der Waals surface area contributed by atoms with Crippen molar-refractivity contribution in [2.75, 3.05) is 11.6 Å². The number of aromatic amines is 1. The van der Waals surface area contributed by atoms with Gasteiger partial charge < -0.3 is 5.84 Å². The zero-order valence-corrected chi connectivity index (χ0v) is 14.8. The minimum Gasteiger partial charge on any atom is -0.335 e. The van der Waals surface area contributed by atoms with Gasteiger partial charge in [0.1, 0.15) is 5.69 Å². The molecule has 3 N–H and O–H groups in total. The molecular weight excluding hydrogens is 371 g/mol. The number of nitrogens with one attached hydrogen (secondary N) is 1. The van der Waals surface area contributed by atoms with Gasteiger partial charge in [0.2, 0.25) is 11.0 Å². The van der Waals surface area contributed by atoms with E-state index in [0.717, 1.165) is 5.69 Å². The lowest BCUT2D eigenvalue weighted by Gasteiger charge is -2.03. The number of carbonyl (C=O) groups excluding carboxylic acids is 1. The topological polar surface area (TPSA) is 102 Å². The van der Waals surface area contributed by atoms with Gasteiger partial charge in [-0.2, -0.15) is 5.10 Å². The summed E-state index contributed by atoms with van der Waals surface area (Å²) < 4.78 is 1.31. The Balaban J connectivity index is 1.72. The summed E-state index contributed by atoms with van der Waals surface area (Å²) in [7, 11) is 0. The lowest BCUT2D eigenvalue weighted by Crippen LogP contribution is -2.13. The standard InChI is InChI=1S/C14H12Cl2N6OS/c1-7-4-11(19-18-7)13-20-21-14(22(13)17)24-6-12(23)8-2-3-9(15)10(16)5-8/h2-5H,6,17H2,1H3,(H,18,19). The Kier molecular flexibility index (Phi) is 4.79. The molecule has 0 saturated carbocycles. The van der Waals surface area contributed by atoms with Gasteiger partial charge in [0, 0.05) is 11.3 Å². The predicted octanol–water partition coefficient (Wildman–Crippen LogP) is 2.97. The first-order valence-electron chi connectivity index (χ1n) is 6.79. The molecule has 2 heterocycles. The van der Waals surface area contributed by atoms with Crippen molar-refractivity contribution < 1.29 is 4.79 Å². The van der Waals surface area contributed by atoms with Crippen LogP contribution in [0, 0.1) is 6.92 Å². The third-order valence-corrected chi connectivity index (χ3v) is 4.86. The van der Waals surface area contributed by atoms with E-state index in [2.05, 4.69) is 20.4 Å². The van der Waals surface area contributed by atoms with Crippen molar-refractivity contribution in [3.05, 3.63) is 45.6 Å². The summed E-state index contributed by atoms with van der Waals surface area (Å²) in [4.78, 5) is 12.2. The van der Waals surface area contributed by atoms with Crippen molar-refractivity contribution in [3.8, 4) is 11.5 Å². The quantitative estimate of drug-likeness (QED) is 0.399. The van der Waals surface area contributed by atoms with Gasteiger partial charge in [0.05, 0.1) is 15.8 Å². The molecule has 7 nitrogen and oxygen atoms in total.